The highest BCUT2D eigenvalue weighted by Gasteiger charge is 2.48. The van der Waals surface area contributed by atoms with E-state index in [9.17, 15) is 9.00 Å². The van der Waals surface area contributed by atoms with Gasteiger partial charge in [-0.1, -0.05) is 0 Å². The van der Waals surface area contributed by atoms with Crippen LogP contribution in [-0.2, 0) is 29.3 Å². The Balaban J connectivity index is 2.04. The second-order valence-corrected chi connectivity index (χ2v) is 3.58. The van der Waals surface area contributed by atoms with Gasteiger partial charge >= 0.3 is 17.3 Å². The summed E-state index contributed by atoms with van der Waals surface area (Å²) < 4.78 is 25.4. The molecule has 1 fully saturated rings. The standard InChI is InChI=1S/C7H3NO5S/c9-6-7(11-3-8-6)1-4-5(2-7)13-14(10)12-4/h1-3H. The van der Waals surface area contributed by atoms with Crippen molar-refractivity contribution in [2.45, 2.75) is 5.60 Å². The van der Waals surface area contributed by atoms with E-state index in [1.54, 1.807) is 0 Å². The van der Waals surface area contributed by atoms with Gasteiger partial charge in [0.15, 0.2) is 17.9 Å². The van der Waals surface area contributed by atoms with Crippen LogP contribution in [0.4, 0.5) is 0 Å². The number of hydrogen-bond acceptors (Lipinski definition) is 5. The summed E-state index contributed by atoms with van der Waals surface area (Å²) in [7, 11) is 0. The van der Waals surface area contributed by atoms with Crippen molar-refractivity contribution in [3.8, 4) is 0 Å². The minimum atomic E-state index is -1.80. The monoisotopic (exact) mass is 213 g/mol. The molecular formula is C7H3NO5S. The topological polar surface area (TPSA) is 74.2 Å². The Labute approximate surface area is 80.7 Å². The molecule has 3 rings (SSSR count). The van der Waals surface area contributed by atoms with Gasteiger partial charge in [-0.2, -0.15) is 9.20 Å². The fourth-order valence-corrected chi connectivity index (χ4v) is 1.96. The van der Waals surface area contributed by atoms with Crippen molar-refractivity contribution < 1.29 is 22.1 Å². The molecule has 0 aromatic rings. The molecule has 0 aromatic heterocycles. The predicted octanol–water partition coefficient (Wildman–Crippen LogP) is -0.283. The number of hydrogen-bond donors (Lipinski definition) is 0. The van der Waals surface area contributed by atoms with Gasteiger partial charge in [0.25, 0.3) is 0 Å². The minimum absolute atomic E-state index is 0.252. The maximum absolute atomic E-state index is 11.3. The van der Waals surface area contributed by atoms with E-state index in [0.717, 1.165) is 6.40 Å². The van der Waals surface area contributed by atoms with Crippen LogP contribution in [0.15, 0.2) is 28.7 Å². The molecule has 1 aliphatic carbocycles. The summed E-state index contributed by atoms with van der Waals surface area (Å²) >= 11 is -1.80. The van der Waals surface area contributed by atoms with Crippen molar-refractivity contribution in [2.24, 2.45) is 4.99 Å². The summed E-state index contributed by atoms with van der Waals surface area (Å²) in [6, 6.07) is 0. The van der Waals surface area contributed by atoms with E-state index >= 15 is 0 Å². The molecule has 0 radical (unpaired) electrons. The average Bonchev–Trinajstić information content (AvgIpc) is 2.68. The Morgan fingerprint density at radius 3 is 2.43 bits per heavy atom. The fourth-order valence-electron chi connectivity index (χ4n) is 1.37. The summed E-state index contributed by atoms with van der Waals surface area (Å²) in [6.45, 7) is 0. The van der Waals surface area contributed by atoms with Crippen molar-refractivity contribution in [3.05, 3.63) is 23.7 Å². The normalized spacial score (nSPS) is 26.7. The molecule has 72 valence electrons. The largest absolute Gasteiger partial charge is 0.458 e. The van der Waals surface area contributed by atoms with Gasteiger partial charge in [0.2, 0.25) is 5.60 Å². The maximum Gasteiger partial charge on any atom is 0.417 e. The number of amides is 1. The molecule has 2 aliphatic heterocycles. The third-order valence-electron chi connectivity index (χ3n) is 2.00. The Morgan fingerprint density at radius 2 is 1.93 bits per heavy atom. The number of rotatable bonds is 0. The van der Waals surface area contributed by atoms with E-state index in [4.69, 9.17) is 13.1 Å². The number of nitrogens with zero attached hydrogens (tertiary/aromatic N) is 1. The highest BCUT2D eigenvalue weighted by atomic mass is 32.2. The third-order valence-corrected chi connectivity index (χ3v) is 2.63. The second kappa shape index (κ2) is 2.24. The van der Waals surface area contributed by atoms with Gasteiger partial charge in [-0.3, -0.25) is 4.79 Å². The quantitative estimate of drug-likeness (QED) is 0.553. The zero-order valence-electron chi connectivity index (χ0n) is 6.63. The Bertz CT molecular complexity index is 425. The molecule has 14 heavy (non-hydrogen) atoms. The van der Waals surface area contributed by atoms with Crippen LogP contribution >= 0.6 is 0 Å². The molecular weight excluding hydrogens is 210 g/mol. The molecule has 3 aliphatic rings. The zero-order chi connectivity index (χ0) is 9.76. The summed E-state index contributed by atoms with van der Waals surface area (Å²) in [5.41, 5.74) is -1.24. The van der Waals surface area contributed by atoms with E-state index in [-0.39, 0.29) is 11.5 Å². The minimum Gasteiger partial charge on any atom is -0.458 e. The van der Waals surface area contributed by atoms with Gasteiger partial charge in [-0.25, -0.2) is 0 Å². The summed E-state index contributed by atoms with van der Waals surface area (Å²) in [6.07, 6.45) is 3.85. The second-order valence-electron chi connectivity index (χ2n) is 2.84. The molecule has 2 heterocycles. The van der Waals surface area contributed by atoms with Crippen LogP contribution in [0.2, 0.25) is 0 Å². The highest BCUT2D eigenvalue weighted by Crippen LogP contribution is 2.38. The van der Waals surface area contributed by atoms with Crippen LogP contribution in [0.1, 0.15) is 0 Å². The number of fused-ring (bicyclic) bond motifs is 1. The summed E-state index contributed by atoms with van der Waals surface area (Å²) in [5.74, 6) is 0.0502. The van der Waals surface area contributed by atoms with Crippen LogP contribution in [0.25, 0.3) is 0 Å². The Morgan fingerprint density at radius 1 is 1.29 bits per heavy atom. The van der Waals surface area contributed by atoms with Crippen LogP contribution in [0.5, 0.6) is 0 Å². The van der Waals surface area contributed by atoms with Gasteiger partial charge in [0.1, 0.15) is 0 Å². The van der Waals surface area contributed by atoms with E-state index in [2.05, 4.69) is 4.99 Å². The first-order valence-electron chi connectivity index (χ1n) is 3.69. The van der Waals surface area contributed by atoms with Gasteiger partial charge in [-0.15, -0.1) is 0 Å². The van der Waals surface area contributed by atoms with E-state index < -0.39 is 22.9 Å². The first-order chi connectivity index (χ1) is 6.70. The van der Waals surface area contributed by atoms with E-state index in [1.807, 2.05) is 0 Å². The van der Waals surface area contributed by atoms with Crippen LogP contribution in [0, 0.1) is 0 Å². The summed E-state index contributed by atoms with van der Waals surface area (Å²) in [4.78, 5) is 14.8. The smallest absolute Gasteiger partial charge is 0.417 e. The molecule has 1 spiro atoms. The van der Waals surface area contributed by atoms with Crippen molar-refractivity contribution in [3.63, 3.8) is 0 Å². The molecule has 0 saturated carbocycles. The molecule has 7 heteroatoms. The first-order valence-corrected chi connectivity index (χ1v) is 4.69. The predicted molar refractivity (Wildman–Crippen MR) is 43.8 cm³/mol. The Kier molecular flexibility index (Phi) is 1.24. The third kappa shape index (κ3) is 0.818. The number of aliphatic imine (C=N–C) groups is 1. The van der Waals surface area contributed by atoms with Gasteiger partial charge in [-0.05, 0) is 0 Å². The van der Waals surface area contributed by atoms with Crippen LogP contribution < -0.4 is 0 Å². The molecule has 0 bridgehead atoms. The maximum atomic E-state index is 11.3. The molecule has 0 aromatic carbocycles. The van der Waals surface area contributed by atoms with E-state index in [0.29, 0.717) is 0 Å². The molecule has 6 nitrogen and oxygen atoms in total. The van der Waals surface area contributed by atoms with Crippen molar-refractivity contribution in [1.29, 1.82) is 0 Å². The Hall–Kier alpha value is -1.63. The molecule has 1 saturated heterocycles. The lowest BCUT2D eigenvalue weighted by Gasteiger charge is -2.12. The molecule has 1 amide bonds. The zero-order valence-corrected chi connectivity index (χ0v) is 7.45. The fraction of sp³-hybridized carbons (Fsp3) is 0.143. The number of carbonyl (C=O) groups is 1. The van der Waals surface area contributed by atoms with Crippen molar-refractivity contribution in [1.82, 2.24) is 0 Å². The van der Waals surface area contributed by atoms with Crippen LogP contribution in [0.3, 0.4) is 0 Å². The van der Waals surface area contributed by atoms with Crippen LogP contribution in [-0.4, -0.2) is 22.1 Å². The van der Waals surface area contributed by atoms with Gasteiger partial charge in [0, 0.05) is 12.2 Å². The molecule has 0 atom stereocenters. The average molecular weight is 213 g/mol. The lowest BCUT2D eigenvalue weighted by atomic mass is 10.1. The van der Waals surface area contributed by atoms with Gasteiger partial charge < -0.3 is 13.1 Å². The number of carbonyl (C=O) groups excluding carboxylic acids is 1. The summed E-state index contributed by atoms with van der Waals surface area (Å²) in [5, 5.41) is 0. The number of ether oxygens (including phenoxy) is 1. The highest BCUT2D eigenvalue weighted by molar-refractivity contribution is 7.75. The SMILES string of the molecule is O=C1N=COC12C=C1OS(=O)OC1=C2. The molecule has 0 unspecified atom stereocenters. The van der Waals surface area contributed by atoms with Gasteiger partial charge in [0.05, 0.1) is 0 Å². The lowest BCUT2D eigenvalue weighted by molar-refractivity contribution is -0.124. The molecule has 0 N–H and O–H groups in total. The van der Waals surface area contributed by atoms with E-state index in [1.165, 1.54) is 12.2 Å². The van der Waals surface area contributed by atoms with Crippen molar-refractivity contribution >= 4 is 23.7 Å². The van der Waals surface area contributed by atoms with Crippen molar-refractivity contribution in [2.75, 3.05) is 0 Å². The lowest BCUT2D eigenvalue weighted by Crippen LogP contribution is -2.30. The first kappa shape index (κ1) is 7.74.